The maximum absolute atomic E-state index is 11.2. The van der Waals surface area contributed by atoms with Gasteiger partial charge < -0.3 is 14.6 Å². The lowest BCUT2D eigenvalue weighted by Crippen LogP contribution is -2.24. The first-order valence-corrected chi connectivity index (χ1v) is 7.37. The third kappa shape index (κ3) is 4.10. The summed E-state index contributed by atoms with van der Waals surface area (Å²) in [6.45, 7) is 0.0345. The van der Waals surface area contributed by atoms with Gasteiger partial charge >= 0.3 is 5.97 Å². The number of benzene rings is 1. The predicted octanol–water partition coefficient (Wildman–Crippen LogP) is 2.17. The fraction of sp³-hybridized carbons (Fsp3) is 0.250. The highest BCUT2D eigenvalue weighted by Crippen LogP contribution is 2.26. The molecule has 6 nitrogen and oxygen atoms in total. The molecule has 0 amide bonds. The average molecular weight is 312 g/mol. The smallest absolute Gasteiger partial charge is 0.320 e. The van der Waals surface area contributed by atoms with Crippen molar-refractivity contribution in [1.82, 2.24) is 10.2 Å². The number of nitrogens with zero attached hydrogens (tertiary/aromatic N) is 2. The number of carboxylic acids is 1. The molecule has 0 bridgehead atoms. The van der Waals surface area contributed by atoms with E-state index in [1.165, 1.54) is 11.3 Å². The lowest BCUT2D eigenvalue weighted by atomic mass is 10.3. The van der Waals surface area contributed by atoms with Gasteiger partial charge in [0.1, 0.15) is 28.9 Å². The van der Waals surface area contributed by atoms with Crippen molar-refractivity contribution in [3.05, 3.63) is 29.8 Å². The number of carbonyl (C=O) groups is 1. The van der Waals surface area contributed by atoms with E-state index in [4.69, 9.17) is 9.47 Å². The Morgan fingerprint density at radius 2 is 2.30 bits per heavy atom. The highest BCUT2D eigenvalue weighted by Gasteiger charge is 2.21. The van der Waals surface area contributed by atoms with Crippen LogP contribution in [0, 0.1) is 0 Å². The molecule has 2 aromatic rings. The molecule has 0 fully saturated rings. The molecular formula is C12H12N2O4S2. The van der Waals surface area contributed by atoms with Crippen molar-refractivity contribution < 1.29 is 19.4 Å². The molecule has 20 heavy (non-hydrogen) atoms. The van der Waals surface area contributed by atoms with Crippen LogP contribution in [0.2, 0.25) is 0 Å². The third-order valence-corrected chi connectivity index (χ3v) is 4.27. The predicted molar refractivity (Wildman–Crippen MR) is 75.7 cm³/mol. The van der Waals surface area contributed by atoms with E-state index in [0.717, 1.165) is 11.8 Å². The number of ether oxygens (including phenoxy) is 2. The van der Waals surface area contributed by atoms with Gasteiger partial charge in [0.05, 0.1) is 7.11 Å². The van der Waals surface area contributed by atoms with Crippen LogP contribution in [0.1, 0.15) is 0 Å². The van der Waals surface area contributed by atoms with Gasteiger partial charge in [-0.1, -0.05) is 29.2 Å². The molecule has 0 saturated heterocycles. The Hall–Kier alpha value is -1.80. The SMILES string of the molecule is COc1cccc(OCC(Sc2nncs2)C(=O)O)c1. The van der Waals surface area contributed by atoms with Gasteiger partial charge in [-0.3, -0.25) is 4.79 Å². The summed E-state index contributed by atoms with van der Waals surface area (Å²) in [5.41, 5.74) is 1.56. The molecule has 106 valence electrons. The van der Waals surface area contributed by atoms with Crippen molar-refractivity contribution in [2.75, 3.05) is 13.7 Å². The van der Waals surface area contributed by atoms with Crippen LogP contribution in [0.25, 0.3) is 0 Å². The largest absolute Gasteiger partial charge is 0.497 e. The summed E-state index contributed by atoms with van der Waals surface area (Å²) < 4.78 is 11.2. The van der Waals surface area contributed by atoms with E-state index in [1.807, 2.05) is 0 Å². The second-order valence-electron chi connectivity index (χ2n) is 3.64. The topological polar surface area (TPSA) is 81.5 Å². The summed E-state index contributed by atoms with van der Waals surface area (Å²) in [6.07, 6.45) is 0. The van der Waals surface area contributed by atoms with Crippen LogP contribution in [-0.2, 0) is 4.79 Å². The molecule has 0 aliphatic carbocycles. The molecule has 0 radical (unpaired) electrons. The first kappa shape index (κ1) is 14.6. The molecule has 1 N–H and O–H groups in total. The Labute approximate surface area is 123 Å². The van der Waals surface area contributed by atoms with Gasteiger partial charge in [0, 0.05) is 6.07 Å². The van der Waals surface area contributed by atoms with Crippen LogP contribution in [-0.4, -0.2) is 40.2 Å². The first-order valence-electron chi connectivity index (χ1n) is 5.61. The minimum Gasteiger partial charge on any atom is -0.497 e. The Morgan fingerprint density at radius 1 is 1.50 bits per heavy atom. The minimum absolute atomic E-state index is 0.0345. The summed E-state index contributed by atoms with van der Waals surface area (Å²) in [5.74, 6) is 0.271. The maximum atomic E-state index is 11.2. The van der Waals surface area contributed by atoms with Crippen molar-refractivity contribution in [2.24, 2.45) is 0 Å². The summed E-state index contributed by atoms with van der Waals surface area (Å²) in [7, 11) is 1.56. The summed E-state index contributed by atoms with van der Waals surface area (Å²) in [4.78, 5) is 11.2. The lowest BCUT2D eigenvalue weighted by molar-refractivity contribution is -0.136. The van der Waals surface area contributed by atoms with Crippen LogP contribution in [0.15, 0.2) is 34.1 Å². The molecule has 1 atom stereocenters. The van der Waals surface area contributed by atoms with Crippen LogP contribution in [0.3, 0.4) is 0 Å². The van der Waals surface area contributed by atoms with E-state index >= 15 is 0 Å². The van der Waals surface area contributed by atoms with E-state index in [-0.39, 0.29) is 6.61 Å². The molecule has 1 aromatic carbocycles. The van der Waals surface area contributed by atoms with Crippen molar-refractivity contribution >= 4 is 29.1 Å². The number of methoxy groups -OCH3 is 1. The third-order valence-electron chi connectivity index (χ3n) is 2.30. The number of hydrogen-bond donors (Lipinski definition) is 1. The Bertz CT molecular complexity index is 562. The highest BCUT2D eigenvalue weighted by atomic mass is 32.2. The van der Waals surface area contributed by atoms with Gasteiger partial charge in [0.15, 0.2) is 4.34 Å². The van der Waals surface area contributed by atoms with Crippen molar-refractivity contribution in [2.45, 2.75) is 9.59 Å². The van der Waals surface area contributed by atoms with Gasteiger partial charge in [-0.2, -0.15) is 0 Å². The molecular weight excluding hydrogens is 300 g/mol. The Balaban J connectivity index is 1.96. The van der Waals surface area contributed by atoms with E-state index in [0.29, 0.717) is 15.8 Å². The normalized spacial score (nSPS) is 11.8. The van der Waals surface area contributed by atoms with E-state index < -0.39 is 11.2 Å². The zero-order valence-electron chi connectivity index (χ0n) is 10.6. The van der Waals surface area contributed by atoms with Crippen LogP contribution in [0.5, 0.6) is 11.5 Å². The number of rotatable bonds is 7. The highest BCUT2D eigenvalue weighted by molar-refractivity contribution is 8.02. The standard InChI is InChI=1S/C12H12N2O4S2/c1-17-8-3-2-4-9(5-8)18-6-10(11(15)16)20-12-14-13-7-19-12/h2-5,7,10H,6H2,1H3,(H,15,16). The molecule has 1 unspecified atom stereocenters. The number of carboxylic acid groups (broad SMARTS) is 1. The second-order valence-corrected chi connectivity index (χ2v) is 5.92. The Kier molecular flexibility index (Phi) is 5.19. The van der Waals surface area contributed by atoms with E-state index in [2.05, 4.69) is 10.2 Å². The van der Waals surface area contributed by atoms with Gasteiger partial charge in [-0.05, 0) is 12.1 Å². The Morgan fingerprint density at radius 3 is 2.95 bits per heavy atom. The van der Waals surface area contributed by atoms with Crippen LogP contribution >= 0.6 is 23.1 Å². The summed E-state index contributed by atoms with van der Waals surface area (Å²) >= 11 is 2.42. The first-order chi connectivity index (χ1) is 9.69. The zero-order chi connectivity index (χ0) is 14.4. The number of hydrogen-bond acceptors (Lipinski definition) is 7. The minimum atomic E-state index is -0.951. The van der Waals surface area contributed by atoms with E-state index in [1.54, 1.807) is 36.9 Å². The molecule has 0 aliphatic heterocycles. The fourth-order valence-corrected chi connectivity index (χ4v) is 2.91. The molecule has 1 aromatic heterocycles. The van der Waals surface area contributed by atoms with E-state index in [9.17, 15) is 9.90 Å². The van der Waals surface area contributed by atoms with Gasteiger partial charge in [0.2, 0.25) is 0 Å². The molecule has 2 rings (SSSR count). The van der Waals surface area contributed by atoms with Gasteiger partial charge in [0.25, 0.3) is 0 Å². The maximum Gasteiger partial charge on any atom is 0.320 e. The molecule has 8 heteroatoms. The lowest BCUT2D eigenvalue weighted by Gasteiger charge is -2.12. The molecule has 0 aliphatic rings. The van der Waals surface area contributed by atoms with Crippen molar-refractivity contribution in [3.63, 3.8) is 0 Å². The van der Waals surface area contributed by atoms with Gasteiger partial charge in [-0.25, -0.2) is 0 Å². The quantitative estimate of drug-likeness (QED) is 0.785. The molecule has 0 spiro atoms. The van der Waals surface area contributed by atoms with Gasteiger partial charge in [-0.15, -0.1) is 10.2 Å². The van der Waals surface area contributed by atoms with Crippen molar-refractivity contribution in [3.8, 4) is 11.5 Å². The average Bonchev–Trinajstić information content (AvgIpc) is 2.96. The van der Waals surface area contributed by atoms with Crippen LogP contribution in [0.4, 0.5) is 0 Å². The molecule has 1 heterocycles. The number of aliphatic carboxylic acids is 1. The number of thioether (sulfide) groups is 1. The van der Waals surface area contributed by atoms with Crippen LogP contribution < -0.4 is 9.47 Å². The zero-order valence-corrected chi connectivity index (χ0v) is 12.2. The monoisotopic (exact) mass is 312 g/mol. The molecule has 0 saturated carbocycles. The summed E-state index contributed by atoms with van der Waals surface area (Å²) in [6, 6.07) is 7.02. The number of aromatic nitrogens is 2. The second kappa shape index (κ2) is 7.11. The fourth-order valence-electron chi connectivity index (χ4n) is 1.35. The van der Waals surface area contributed by atoms with Crippen molar-refractivity contribution in [1.29, 1.82) is 0 Å². The summed E-state index contributed by atoms with van der Waals surface area (Å²) in [5, 5.41) is 15.9.